The Bertz CT molecular complexity index is 2570. The van der Waals surface area contributed by atoms with Crippen LogP contribution in [-0.4, -0.2) is 16.9 Å². The average molecular weight is 1000 g/mol. The number of aromatic hydroxyl groups is 2. The maximum absolute atomic E-state index is 15.9. The second-order valence-corrected chi connectivity index (χ2v) is 14.6. The minimum absolute atomic E-state index is 0. The quantitative estimate of drug-likeness (QED) is 0.131. The van der Waals surface area contributed by atoms with Gasteiger partial charge in [-0.25, -0.2) is 8.78 Å². The van der Waals surface area contributed by atoms with Crippen LogP contribution in [0.25, 0.3) is 0 Å². The van der Waals surface area contributed by atoms with Crippen LogP contribution in [0.1, 0.15) is 0 Å². The summed E-state index contributed by atoms with van der Waals surface area (Å²) >= 11 is 0. The van der Waals surface area contributed by atoms with Crippen molar-refractivity contribution in [1.82, 2.24) is 0 Å². The zero-order valence-corrected chi connectivity index (χ0v) is 35.3. The molecule has 11 heteroatoms. The first-order chi connectivity index (χ1) is 29.9. The second-order valence-electron chi connectivity index (χ2n) is 14.6. The molecular weight excluding hydrogens is 962 g/mol. The molecule has 0 aromatic heterocycles. The van der Waals surface area contributed by atoms with Crippen molar-refractivity contribution in [1.29, 1.82) is 0 Å². The summed E-state index contributed by atoms with van der Waals surface area (Å²) in [6.07, 6.45) is 0. The third-order valence-corrected chi connectivity index (χ3v) is 10.9. The number of fused-ring (bicyclic) bond motifs is 2. The molecule has 0 bridgehead atoms. The summed E-state index contributed by atoms with van der Waals surface area (Å²) in [6.45, 7) is 3.61. The number of phenolic OH excluding ortho intramolecular Hbond substituents is 2. The van der Waals surface area contributed by atoms with Gasteiger partial charge >= 0.3 is 21.1 Å². The van der Waals surface area contributed by atoms with Crippen molar-refractivity contribution in [3.8, 4) is 11.5 Å². The molecular formula is C51H38F2N6O2Pt. The van der Waals surface area contributed by atoms with E-state index in [4.69, 9.17) is 0 Å². The molecule has 0 saturated heterocycles. The topological polar surface area (TPSA) is 59.9 Å². The molecule has 2 heterocycles. The average Bonchev–Trinajstić information content (AvgIpc) is 3.85. The van der Waals surface area contributed by atoms with E-state index in [1.807, 2.05) is 165 Å². The van der Waals surface area contributed by atoms with Crippen molar-refractivity contribution in [2.45, 2.75) is 0 Å². The molecule has 0 amide bonds. The Morgan fingerprint density at radius 3 is 1.05 bits per heavy atom. The molecule has 0 saturated carbocycles. The van der Waals surface area contributed by atoms with Crippen molar-refractivity contribution < 1.29 is 40.1 Å². The van der Waals surface area contributed by atoms with Gasteiger partial charge in [0.25, 0.3) is 0 Å². The fourth-order valence-electron chi connectivity index (χ4n) is 8.13. The third kappa shape index (κ3) is 7.32. The predicted octanol–water partition coefficient (Wildman–Crippen LogP) is 13.1. The van der Waals surface area contributed by atoms with E-state index in [2.05, 4.69) is 0 Å². The van der Waals surface area contributed by atoms with Gasteiger partial charge in [-0.2, -0.15) is 0 Å². The van der Waals surface area contributed by atoms with Crippen LogP contribution in [0.2, 0.25) is 0 Å². The first-order valence-corrected chi connectivity index (χ1v) is 19.8. The van der Waals surface area contributed by atoms with E-state index in [0.29, 0.717) is 22.7 Å². The predicted molar refractivity (Wildman–Crippen MR) is 241 cm³/mol. The van der Waals surface area contributed by atoms with Crippen LogP contribution in [0.3, 0.4) is 0 Å². The summed E-state index contributed by atoms with van der Waals surface area (Å²) in [5, 5.41) is 23.4. The molecule has 8 nitrogen and oxygen atoms in total. The molecule has 0 unspecified atom stereocenters. The van der Waals surface area contributed by atoms with Gasteiger partial charge in [0.15, 0.2) is 0 Å². The number of anilines is 12. The Balaban J connectivity index is 0.00000490. The Morgan fingerprint density at radius 2 is 0.726 bits per heavy atom. The van der Waals surface area contributed by atoms with E-state index in [0.717, 1.165) is 34.1 Å². The molecule has 0 atom stereocenters. The number of benzene rings is 8. The smallest absolute Gasteiger partial charge is 0.506 e. The summed E-state index contributed by atoms with van der Waals surface area (Å²) < 4.78 is 31.9. The number of hydrogen-bond acceptors (Lipinski definition) is 8. The molecule has 0 aliphatic carbocycles. The number of nitrogens with zero attached hydrogens (tertiary/aromatic N) is 6. The van der Waals surface area contributed by atoms with E-state index in [-0.39, 0.29) is 50.6 Å². The van der Waals surface area contributed by atoms with Crippen LogP contribution < -0.4 is 29.4 Å². The van der Waals surface area contributed by atoms with Crippen molar-refractivity contribution in [2.75, 3.05) is 36.1 Å². The number of phenols is 2. The molecule has 0 radical (unpaired) electrons. The standard InChI is InChI=1S/C51H38F2N6O2.Pt/c52-42-23-13-25-46-50(42)56(44-29-27-40(31-48(44)60)58(36-15-5-1-6-16-36)37-17-7-2-8-18-37)34-54(46)33-55-35-57(51-43(53)24-14-26-47(51)55)45-30-28-41(32-49(45)61)59(38-19-9-3-10-20-38)39-21-11-4-12-22-39;/h1-32,34-35,60-61H,33H2;/q-2;+2. The Labute approximate surface area is 373 Å². The molecule has 8 aromatic rings. The summed E-state index contributed by atoms with van der Waals surface area (Å²) in [7, 11) is 0. The van der Waals surface area contributed by atoms with E-state index in [1.165, 1.54) is 12.1 Å². The summed E-state index contributed by atoms with van der Waals surface area (Å²) in [5.74, 6) is -1.05. The van der Waals surface area contributed by atoms with E-state index in [9.17, 15) is 10.2 Å². The summed E-state index contributed by atoms with van der Waals surface area (Å²) in [5.41, 5.74) is 7.47. The van der Waals surface area contributed by atoms with Crippen molar-refractivity contribution in [2.24, 2.45) is 0 Å². The first kappa shape index (κ1) is 40.1. The van der Waals surface area contributed by atoms with Crippen LogP contribution in [0.5, 0.6) is 11.5 Å². The molecule has 2 N–H and O–H groups in total. The van der Waals surface area contributed by atoms with Gasteiger partial charge in [0, 0.05) is 64.3 Å². The number of para-hydroxylation sites is 6. The molecule has 62 heavy (non-hydrogen) atoms. The van der Waals surface area contributed by atoms with Gasteiger partial charge in [-0.3, -0.25) is 0 Å². The molecule has 10 rings (SSSR count). The maximum atomic E-state index is 15.9. The normalized spacial score (nSPS) is 12.8. The second kappa shape index (κ2) is 17.0. The largest absolute Gasteiger partial charge is 2.00 e. The Morgan fingerprint density at radius 1 is 0.387 bits per heavy atom. The number of halogens is 2. The van der Waals surface area contributed by atoms with Crippen LogP contribution in [0.15, 0.2) is 194 Å². The zero-order valence-electron chi connectivity index (χ0n) is 33.0. The molecule has 308 valence electrons. The Hall–Kier alpha value is -7.29. The van der Waals surface area contributed by atoms with E-state index >= 15 is 8.78 Å². The van der Waals surface area contributed by atoms with Gasteiger partial charge in [0.05, 0.1) is 22.7 Å². The zero-order chi connectivity index (χ0) is 41.5. The molecule has 0 fully saturated rings. The minimum atomic E-state index is -0.474. The van der Waals surface area contributed by atoms with Gasteiger partial charge in [-0.05, 0) is 97.1 Å². The fourth-order valence-corrected chi connectivity index (χ4v) is 8.13. The van der Waals surface area contributed by atoms with Gasteiger partial charge in [-0.1, -0.05) is 84.9 Å². The molecule has 2 aliphatic heterocycles. The maximum Gasteiger partial charge on any atom is 2.00 e. The SMILES string of the molecule is Oc1cc(N(c2ccccc2)c2ccccc2)ccc1N1[CH-]N(CN2[CH-]N(c3ccc(N(c4ccccc4)c4ccccc4)cc3O)c3c(F)cccc32)c2cccc(F)c21.[Pt+2]. The third-order valence-electron chi connectivity index (χ3n) is 10.9. The van der Waals surface area contributed by atoms with Gasteiger partial charge in [0.1, 0.15) is 23.1 Å². The van der Waals surface area contributed by atoms with Crippen molar-refractivity contribution in [3.63, 3.8) is 0 Å². The summed E-state index contributed by atoms with van der Waals surface area (Å²) in [4.78, 5) is 11.0. The molecule has 2 aliphatic rings. The molecule has 0 spiro atoms. The number of hydrogen-bond donors (Lipinski definition) is 2. The van der Waals surface area contributed by atoms with Gasteiger partial charge < -0.3 is 39.6 Å². The number of rotatable bonds is 10. The van der Waals surface area contributed by atoms with Gasteiger partial charge in [0.2, 0.25) is 0 Å². The van der Waals surface area contributed by atoms with Crippen LogP contribution in [0, 0.1) is 25.0 Å². The van der Waals surface area contributed by atoms with Crippen molar-refractivity contribution in [3.05, 3.63) is 219 Å². The van der Waals surface area contributed by atoms with Crippen LogP contribution >= 0.6 is 0 Å². The first-order valence-electron chi connectivity index (χ1n) is 19.8. The van der Waals surface area contributed by atoms with E-state index in [1.54, 1.807) is 59.5 Å². The van der Waals surface area contributed by atoms with Crippen molar-refractivity contribution >= 4 is 68.2 Å². The van der Waals surface area contributed by atoms with E-state index < -0.39 is 11.6 Å². The van der Waals surface area contributed by atoms with Crippen LogP contribution in [0.4, 0.5) is 77.0 Å². The van der Waals surface area contributed by atoms with Gasteiger partial charge in [-0.15, -0.1) is 13.3 Å². The molecule has 8 aromatic carbocycles. The Kier molecular flexibility index (Phi) is 11.0. The summed E-state index contributed by atoms with van der Waals surface area (Å²) in [6, 6.07) is 59.8. The fraction of sp³-hybridized carbons (Fsp3) is 0.0196. The minimum Gasteiger partial charge on any atom is -0.506 e. The van der Waals surface area contributed by atoms with Crippen LogP contribution in [-0.2, 0) is 21.1 Å². The monoisotopic (exact) mass is 999 g/mol.